The van der Waals surface area contributed by atoms with Gasteiger partial charge in [-0.3, -0.25) is 9.48 Å². The van der Waals surface area contributed by atoms with Crippen molar-refractivity contribution in [3.8, 4) is 0 Å². The van der Waals surface area contributed by atoms with Crippen molar-refractivity contribution in [2.75, 3.05) is 0 Å². The smallest absolute Gasteiger partial charge is 0.220 e. The Morgan fingerprint density at radius 3 is 2.92 bits per heavy atom. The zero-order chi connectivity index (χ0) is 17.9. The molecular formula is C19H27N5OS. The van der Waals surface area contributed by atoms with E-state index < -0.39 is 0 Å². The lowest BCUT2D eigenvalue weighted by Crippen LogP contribution is -2.48. The molecule has 1 saturated heterocycles. The summed E-state index contributed by atoms with van der Waals surface area (Å²) in [7, 11) is 0. The maximum absolute atomic E-state index is 11.9. The molecule has 2 atom stereocenters. The molecule has 1 amide bonds. The van der Waals surface area contributed by atoms with Crippen molar-refractivity contribution in [1.82, 2.24) is 25.4 Å². The van der Waals surface area contributed by atoms with Crippen LogP contribution < -0.4 is 10.6 Å². The fourth-order valence-corrected chi connectivity index (χ4v) is 5.08. The summed E-state index contributed by atoms with van der Waals surface area (Å²) in [6.45, 7) is 3.71. The second kappa shape index (κ2) is 7.88. The zero-order valence-corrected chi connectivity index (χ0v) is 16.1. The molecule has 4 rings (SSSR count). The van der Waals surface area contributed by atoms with Crippen LogP contribution in [0.25, 0.3) is 0 Å². The molecule has 1 aliphatic carbocycles. The summed E-state index contributed by atoms with van der Waals surface area (Å²) in [6, 6.07) is 0.206. The lowest BCUT2D eigenvalue weighted by molar-refractivity contribution is -0.123. The number of hydrogen-bond acceptors (Lipinski definition) is 5. The third-order valence-corrected chi connectivity index (χ3v) is 6.71. The van der Waals surface area contributed by atoms with Gasteiger partial charge >= 0.3 is 0 Å². The first-order valence-corrected chi connectivity index (χ1v) is 10.5. The zero-order valence-electron chi connectivity index (χ0n) is 15.3. The van der Waals surface area contributed by atoms with Crippen LogP contribution in [0.5, 0.6) is 0 Å². The van der Waals surface area contributed by atoms with Crippen LogP contribution in [0.1, 0.15) is 72.9 Å². The van der Waals surface area contributed by atoms with Crippen LogP contribution in [0.2, 0.25) is 0 Å². The summed E-state index contributed by atoms with van der Waals surface area (Å²) in [6.07, 6.45) is 12.6. The van der Waals surface area contributed by atoms with Crippen LogP contribution in [0, 0.1) is 0 Å². The second-order valence-corrected chi connectivity index (χ2v) is 8.49. The highest BCUT2D eigenvalue weighted by Crippen LogP contribution is 2.36. The van der Waals surface area contributed by atoms with E-state index in [1.54, 1.807) is 0 Å². The molecule has 1 aliphatic heterocycles. The topological polar surface area (TPSA) is 71.8 Å². The molecule has 2 aromatic rings. The Bertz CT molecular complexity index is 749. The van der Waals surface area contributed by atoms with Gasteiger partial charge in [0.2, 0.25) is 5.91 Å². The van der Waals surface area contributed by atoms with Crippen LogP contribution in [-0.2, 0) is 17.9 Å². The Hall–Kier alpha value is -1.73. The van der Waals surface area contributed by atoms with Gasteiger partial charge in [0.15, 0.2) is 0 Å². The summed E-state index contributed by atoms with van der Waals surface area (Å²) < 4.78 is 1.91. The van der Waals surface area contributed by atoms with E-state index in [0.717, 1.165) is 25.1 Å². The Morgan fingerprint density at radius 2 is 2.15 bits per heavy atom. The molecule has 7 heteroatoms. The number of aryl methyl sites for hydroxylation is 1. The maximum Gasteiger partial charge on any atom is 0.220 e. The van der Waals surface area contributed by atoms with Crippen LogP contribution >= 0.6 is 11.3 Å². The number of carbonyl (C=O) groups excluding carboxylic acids is 1. The predicted octanol–water partition coefficient (Wildman–Crippen LogP) is 3.13. The Kier molecular flexibility index (Phi) is 5.36. The van der Waals surface area contributed by atoms with Gasteiger partial charge in [0.25, 0.3) is 0 Å². The monoisotopic (exact) mass is 373 g/mol. The van der Waals surface area contributed by atoms with Crippen LogP contribution in [-0.4, -0.2) is 26.7 Å². The van der Waals surface area contributed by atoms with E-state index in [0.29, 0.717) is 12.3 Å². The van der Waals surface area contributed by atoms with Crippen molar-refractivity contribution >= 4 is 17.2 Å². The Labute approximate surface area is 158 Å². The molecule has 0 aromatic carbocycles. The van der Waals surface area contributed by atoms with Gasteiger partial charge in [-0.1, -0.05) is 12.8 Å². The number of hydrogen-bond donors (Lipinski definition) is 2. The Morgan fingerprint density at radius 1 is 1.31 bits per heavy atom. The summed E-state index contributed by atoms with van der Waals surface area (Å²) in [5.41, 5.74) is 1.08. The van der Waals surface area contributed by atoms with Gasteiger partial charge < -0.3 is 10.6 Å². The van der Waals surface area contributed by atoms with Crippen molar-refractivity contribution in [3.63, 3.8) is 0 Å². The number of rotatable bonds is 6. The average molecular weight is 374 g/mol. The minimum absolute atomic E-state index is 0.0150. The second-order valence-electron chi connectivity index (χ2n) is 7.35. The average Bonchev–Trinajstić information content (AvgIpc) is 3.41. The van der Waals surface area contributed by atoms with Crippen LogP contribution in [0.3, 0.4) is 0 Å². The SMILES string of the molecule is CCn1cc([C@@H]2NC(=O)CC[C@H]2NCc2cnc(C3CCCC3)s2)cn1. The molecule has 0 spiro atoms. The van der Waals surface area contributed by atoms with E-state index in [9.17, 15) is 4.79 Å². The minimum Gasteiger partial charge on any atom is -0.348 e. The summed E-state index contributed by atoms with van der Waals surface area (Å²) in [5, 5.41) is 12.5. The van der Waals surface area contributed by atoms with Gasteiger partial charge in [-0.2, -0.15) is 5.10 Å². The lowest BCUT2D eigenvalue weighted by Gasteiger charge is -2.32. The van der Waals surface area contributed by atoms with Crippen molar-refractivity contribution in [2.45, 2.75) is 76.5 Å². The van der Waals surface area contributed by atoms with Gasteiger partial charge in [-0.25, -0.2) is 4.98 Å². The van der Waals surface area contributed by atoms with Crippen LogP contribution in [0.4, 0.5) is 0 Å². The van der Waals surface area contributed by atoms with E-state index >= 15 is 0 Å². The highest BCUT2D eigenvalue weighted by Gasteiger charge is 2.30. The van der Waals surface area contributed by atoms with Crippen LogP contribution in [0.15, 0.2) is 18.6 Å². The van der Waals surface area contributed by atoms with Gasteiger partial charge in [-0.05, 0) is 26.2 Å². The van der Waals surface area contributed by atoms with E-state index in [1.807, 2.05) is 34.6 Å². The third kappa shape index (κ3) is 3.83. The molecule has 0 radical (unpaired) electrons. The van der Waals surface area contributed by atoms with Gasteiger partial charge in [0, 0.05) is 54.3 Å². The number of piperidine rings is 1. The van der Waals surface area contributed by atoms with Crippen molar-refractivity contribution < 1.29 is 4.79 Å². The number of carbonyl (C=O) groups is 1. The minimum atomic E-state index is -0.0150. The Balaban J connectivity index is 1.41. The highest BCUT2D eigenvalue weighted by atomic mass is 32.1. The predicted molar refractivity (Wildman–Crippen MR) is 102 cm³/mol. The molecule has 0 unspecified atom stereocenters. The molecule has 6 nitrogen and oxygen atoms in total. The first-order chi connectivity index (χ1) is 12.7. The molecule has 2 aromatic heterocycles. The largest absolute Gasteiger partial charge is 0.348 e. The molecular weight excluding hydrogens is 346 g/mol. The van der Waals surface area contributed by atoms with Gasteiger partial charge in [0.1, 0.15) is 0 Å². The maximum atomic E-state index is 11.9. The molecule has 2 N–H and O–H groups in total. The standard InChI is InChI=1S/C19H27N5OS/c1-2-24-12-14(9-22-24)18-16(7-8-17(25)23-18)20-10-15-11-21-19(26-15)13-5-3-4-6-13/h9,11-13,16,18,20H,2-8,10H2,1H3,(H,23,25)/t16-,18+/m1/s1. The molecule has 1 saturated carbocycles. The highest BCUT2D eigenvalue weighted by molar-refractivity contribution is 7.11. The quantitative estimate of drug-likeness (QED) is 0.816. The molecule has 3 heterocycles. The van der Waals surface area contributed by atoms with Gasteiger partial charge in [-0.15, -0.1) is 11.3 Å². The summed E-state index contributed by atoms with van der Waals surface area (Å²) in [5.74, 6) is 0.800. The molecule has 2 fully saturated rings. The first kappa shape index (κ1) is 17.7. The van der Waals surface area contributed by atoms with Crippen molar-refractivity contribution in [2.24, 2.45) is 0 Å². The van der Waals surface area contributed by atoms with Crippen molar-refractivity contribution in [3.05, 3.63) is 34.0 Å². The van der Waals surface area contributed by atoms with Crippen molar-refractivity contribution in [1.29, 1.82) is 0 Å². The number of thiazole rings is 1. The molecule has 140 valence electrons. The van der Waals surface area contributed by atoms with E-state index in [2.05, 4.69) is 27.6 Å². The first-order valence-electron chi connectivity index (χ1n) is 9.72. The number of nitrogens with one attached hydrogen (secondary N) is 2. The fourth-order valence-electron chi connectivity index (χ4n) is 4.05. The fraction of sp³-hybridized carbons (Fsp3) is 0.632. The normalized spacial score (nSPS) is 24.1. The van der Waals surface area contributed by atoms with Gasteiger partial charge in [0.05, 0.1) is 17.2 Å². The molecule has 0 bridgehead atoms. The van der Waals surface area contributed by atoms with E-state index in [1.165, 1.54) is 35.6 Å². The molecule has 26 heavy (non-hydrogen) atoms. The molecule has 2 aliphatic rings. The third-order valence-electron chi connectivity index (χ3n) is 5.55. The number of aromatic nitrogens is 3. The number of nitrogens with zero attached hydrogens (tertiary/aromatic N) is 3. The van der Waals surface area contributed by atoms with E-state index in [4.69, 9.17) is 0 Å². The number of amides is 1. The summed E-state index contributed by atoms with van der Waals surface area (Å²) >= 11 is 1.85. The lowest BCUT2D eigenvalue weighted by atomic mass is 9.94. The summed E-state index contributed by atoms with van der Waals surface area (Å²) in [4.78, 5) is 17.9. The van der Waals surface area contributed by atoms with E-state index in [-0.39, 0.29) is 18.0 Å².